The standard InChI is InChI=1S/C24H36N4O3S/c1-15(2)14-28(19-8-10-31-11-9-19)21-7-6-18(17(5)12-22(29)30)13-20(21)25-24-26-23(16(3)4)27-32-24/h6-7,13,15-17,19H,8-12,14H2,1-5H3,(H,29,30)(H,25,26,27). The third kappa shape index (κ3) is 6.42. The van der Waals surface area contributed by atoms with Crippen molar-refractivity contribution in [3.8, 4) is 0 Å². The molecule has 1 aromatic carbocycles. The van der Waals surface area contributed by atoms with Gasteiger partial charge in [-0.2, -0.15) is 4.37 Å². The molecule has 0 aliphatic carbocycles. The minimum absolute atomic E-state index is 0.0793. The third-order valence-electron chi connectivity index (χ3n) is 5.77. The maximum absolute atomic E-state index is 11.3. The fraction of sp³-hybridized carbons (Fsp3) is 0.625. The van der Waals surface area contributed by atoms with E-state index in [0.29, 0.717) is 12.0 Å². The average molecular weight is 461 g/mol. The monoisotopic (exact) mass is 460 g/mol. The van der Waals surface area contributed by atoms with Crippen LogP contribution in [0.25, 0.3) is 0 Å². The third-order valence-corrected chi connectivity index (χ3v) is 6.42. The smallest absolute Gasteiger partial charge is 0.303 e. The highest BCUT2D eigenvalue weighted by molar-refractivity contribution is 7.09. The molecule has 1 fully saturated rings. The van der Waals surface area contributed by atoms with E-state index in [2.05, 4.69) is 65.5 Å². The van der Waals surface area contributed by atoms with Gasteiger partial charge < -0.3 is 20.1 Å². The molecule has 0 saturated carbocycles. The van der Waals surface area contributed by atoms with Crippen molar-refractivity contribution in [3.05, 3.63) is 29.6 Å². The summed E-state index contributed by atoms with van der Waals surface area (Å²) in [5.41, 5.74) is 3.08. The number of ether oxygens (including phenoxy) is 1. The Balaban J connectivity index is 2.00. The molecule has 1 aliphatic heterocycles. The minimum atomic E-state index is -0.787. The van der Waals surface area contributed by atoms with Crippen molar-refractivity contribution < 1.29 is 14.6 Å². The number of hydrogen-bond donors (Lipinski definition) is 2. The van der Waals surface area contributed by atoms with Gasteiger partial charge >= 0.3 is 5.97 Å². The van der Waals surface area contributed by atoms with Crippen LogP contribution in [0, 0.1) is 5.92 Å². The lowest BCUT2D eigenvalue weighted by Gasteiger charge is -2.38. The van der Waals surface area contributed by atoms with E-state index in [1.54, 1.807) is 0 Å². The van der Waals surface area contributed by atoms with Crippen molar-refractivity contribution in [2.75, 3.05) is 30.0 Å². The molecular formula is C24H36N4O3S. The lowest BCUT2D eigenvalue weighted by molar-refractivity contribution is -0.137. The molecule has 8 heteroatoms. The Bertz CT molecular complexity index is 893. The molecule has 1 unspecified atom stereocenters. The zero-order valence-corrected chi connectivity index (χ0v) is 20.6. The Morgan fingerprint density at radius 3 is 2.56 bits per heavy atom. The molecule has 1 aromatic heterocycles. The van der Waals surface area contributed by atoms with E-state index in [4.69, 9.17) is 4.74 Å². The molecule has 1 saturated heterocycles. The topological polar surface area (TPSA) is 87.6 Å². The Labute approximate surface area is 195 Å². The van der Waals surface area contributed by atoms with Gasteiger partial charge in [-0.05, 0) is 42.4 Å². The zero-order chi connectivity index (χ0) is 23.3. The second-order valence-electron chi connectivity index (χ2n) is 9.40. The predicted molar refractivity (Wildman–Crippen MR) is 130 cm³/mol. The van der Waals surface area contributed by atoms with E-state index in [9.17, 15) is 9.90 Å². The summed E-state index contributed by atoms with van der Waals surface area (Å²) >= 11 is 1.36. The van der Waals surface area contributed by atoms with E-state index in [0.717, 1.165) is 60.5 Å². The first-order valence-corrected chi connectivity index (χ1v) is 12.3. The van der Waals surface area contributed by atoms with Gasteiger partial charge in [-0.1, -0.05) is 40.7 Å². The fourth-order valence-corrected chi connectivity index (χ4v) is 4.78. The van der Waals surface area contributed by atoms with Crippen molar-refractivity contribution in [1.29, 1.82) is 0 Å². The normalized spacial score (nSPS) is 15.8. The van der Waals surface area contributed by atoms with Crippen molar-refractivity contribution >= 4 is 34.0 Å². The van der Waals surface area contributed by atoms with Crippen LogP contribution in [0.2, 0.25) is 0 Å². The molecule has 0 spiro atoms. The number of carbonyl (C=O) groups is 1. The maximum Gasteiger partial charge on any atom is 0.303 e. The van der Waals surface area contributed by atoms with Crippen LogP contribution >= 0.6 is 11.5 Å². The number of hydrogen-bond acceptors (Lipinski definition) is 7. The second kappa shape index (κ2) is 11.1. The molecule has 2 heterocycles. The lowest BCUT2D eigenvalue weighted by Crippen LogP contribution is -2.42. The van der Waals surface area contributed by atoms with Crippen molar-refractivity contribution in [3.63, 3.8) is 0 Å². The summed E-state index contributed by atoms with van der Waals surface area (Å²) in [4.78, 5) is 18.4. The Morgan fingerprint density at radius 2 is 1.97 bits per heavy atom. The van der Waals surface area contributed by atoms with E-state index >= 15 is 0 Å². The van der Waals surface area contributed by atoms with Gasteiger partial charge in [0.1, 0.15) is 5.82 Å². The first-order chi connectivity index (χ1) is 15.2. The predicted octanol–water partition coefficient (Wildman–Crippen LogP) is 5.62. The summed E-state index contributed by atoms with van der Waals surface area (Å²) in [5, 5.41) is 13.5. The SMILES string of the molecule is CC(C)CN(c1ccc(C(C)CC(=O)O)cc1Nc1nc(C(C)C)ns1)C1CCOCC1. The van der Waals surface area contributed by atoms with Gasteiger partial charge in [-0.15, -0.1) is 0 Å². The number of nitrogens with zero attached hydrogens (tertiary/aromatic N) is 3. The number of carboxylic acids is 1. The number of benzene rings is 1. The number of aliphatic carboxylic acids is 1. The molecule has 176 valence electrons. The van der Waals surface area contributed by atoms with Crippen LogP contribution in [0.4, 0.5) is 16.5 Å². The number of nitrogens with one attached hydrogen (secondary N) is 1. The average Bonchev–Trinajstić information content (AvgIpc) is 3.21. The van der Waals surface area contributed by atoms with Gasteiger partial charge in [0.2, 0.25) is 5.13 Å². The van der Waals surface area contributed by atoms with Gasteiger partial charge in [0, 0.05) is 43.3 Å². The van der Waals surface area contributed by atoms with Crippen LogP contribution < -0.4 is 10.2 Å². The summed E-state index contributed by atoms with van der Waals surface area (Å²) in [5.74, 6) is 0.737. The fourth-order valence-electron chi connectivity index (χ4n) is 4.06. The van der Waals surface area contributed by atoms with E-state index in [1.807, 2.05) is 6.92 Å². The summed E-state index contributed by atoms with van der Waals surface area (Å²) in [6.07, 6.45) is 2.10. The molecule has 0 amide bonds. The highest BCUT2D eigenvalue weighted by Crippen LogP contribution is 2.36. The van der Waals surface area contributed by atoms with E-state index in [1.165, 1.54) is 11.5 Å². The van der Waals surface area contributed by atoms with Gasteiger partial charge in [0.25, 0.3) is 0 Å². The molecule has 1 atom stereocenters. The summed E-state index contributed by atoms with van der Waals surface area (Å²) in [7, 11) is 0. The molecular weight excluding hydrogens is 424 g/mol. The summed E-state index contributed by atoms with van der Waals surface area (Å²) < 4.78 is 10.1. The summed E-state index contributed by atoms with van der Waals surface area (Å²) in [6.45, 7) is 13.1. The van der Waals surface area contributed by atoms with Crippen LogP contribution in [0.1, 0.15) is 77.1 Å². The molecule has 0 bridgehead atoms. The van der Waals surface area contributed by atoms with Gasteiger partial charge in [-0.25, -0.2) is 4.98 Å². The first-order valence-electron chi connectivity index (χ1n) is 11.5. The van der Waals surface area contributed by atoms with Crippen LogP contribution in [0.15, 0.2) is 18.2 Å². The Kier molecular flexibility index (Phi) is 8.48. The molecule has 0 radical (unpaired) electrons. The van der Waals surface area contributed by atoms with Gasteiger partial charge in [0.05, 0.1) is 17.8 Å². The van der Waals surface area contributed by atoms with Crippen molar-refractivity contribution in [2.24, 2.45) is 5.92 Å². The molecule has 32 heavy (non-hydrogen) atoms. The van der Waals surface area contributed by atoms with Crippen molar-refractivity contribution in [2.45, 2.75) is 71.8 Å². The van der Waals surface area contributed by atoms with Crippen molar-refractivity contribution in [1.82, 2.24) is 9.36 Å². The van der Waals surface area contributed by atoms with E-state index < -0.39 is 5.97 Å². The highest BCUT2D eigenvalue weighted by atomic mass is 32.1. The zero-order valence-electron chi connectivity index (χ0n) is 19.8. The second-order valence-corrected chi connectivity index (χ2v) is 10.2. The number of carboxylic acid groups (broad SMARTS) is 1. The number of aromatic nitrogens is 2. The lowest BCUT2D eigenvalue weighted by atomic mass is 9.95. The molecule has 2 aromatic rings. The highest BCUT2D eigenvalue weighted by Gasteiger charge is 2.25. The molecule has 1 aliphatic rings. The summed E-state index contributed by atoms with van der Waals surface area (Å²) in [6, 6.07) is 6.71. The van der Waals surface area contributed by atoms with Crippen LogP contribution in [0.3, 0.4) is 0 Å². The van der Waals surface area contributed by atoms with Crippen LogP contribution in [0.5, 0.6) is 0 Å². The quantitative estimate of drug-likeness (QED) is 0.475. The Hall–Kier alpha value is -2.19. The molecule has 2 N–H and O–H groups in total. The largest absolute Gasteiger partial charge is 0.481 e. The van der Waals surface area contributed by atoms with E-state index in [-0.39, 0.29) is 18.3 Å². The maximum atomic E-state index is 11.3. The minimum Gasteiger partial charge on any atom is -0.481 e. The van der Waals surface area contributed by atoms with Crippen LogP contribution in [-0.4, -0.2) is 46.2 Å². The van der Waals surface area contributed by atoms with Gasteiger partial charge in [-0.3, -0.25) is 4.79 Å². The molecule has 3 rings (SSSR count). The van der Waals surface area contributed by atoms with Gasteiger partial charge in [0.15, 0.2) is 0 Å². The van der Waals surface area contributed by atoms with Crippen LogP contribution in [-0.2, 0) is 9.53 Å². The number of anilines is 3. The molecule has 7 nitrogen and oxygen atoms in total. The Morgan fingerprint density at radius 1 is 1.25 bits per heavy atom. The number of rotatable bonds is 10. The first kappa shape index (κ1) is 24.5.